The van der Waals surface area contributed by atoms with Crippen LogP contribution in [0.4, 0.5) is 4.39 Å². The molecular formula is C14H18FN3O3S. The molecule has 8 heteroatoms. The number of hydrogen-bond acceptors (Lipinski definition) is 4. The maximum absolute atomic E-state index is 13.6. The van der Waals surface area contributed by atoms with E-state index < -0.39 is 21.9 Å². The molecule has 0 fully saturated rings. The second-order valence-electron chi connectivity index (χ2n) is 5.01. The molecule has 1 aromatic heterocycles. The molecule has 1 atom stereocenters. The van der Waals surface area contributed by atoms with Crippen molar-refractivity contribution >= 4 is 10.0 Å². The largest absolute Gasteiger partial charge is 0.387 e. The van der Waals surface area contributed by atoms with Gasteiger partial charge in [-0.05, 0) is 19.9 Å². The maximum Gasteiger partial charge on any atom is 0.244 e. The number of halogens is 1. The Morgan fingerprint density at radius 2 is 2.00 bits per heavy atom. The first-order valence-electron chi connectivity index (χ1n) is 6.66. The van der Waals surface area contributed by atoms with Crippen molar-refractivity contribution < 1.29 is 17.9 Å². The molecule has 0 saturated heterocycles. The first kappa shape index (κ1) is 16.6. The van der Waals surface area contributed by atoms with Crippen LogP contribution in [0.2, 0.25) is 0 Å². The van der Waals surface area contributed by atoms with Crippen molar-refractivity contribution in [3.05, 3.63) is 47.0 Å². The number of sulfonamides is 1. The topological polar surface area (TPSA) is 84.2 Å². The minimum Gasteiger partial charge on any atom is -0.387 e. The quantitative estimate of drug-likeness (QED) is 0.864. The van der Waals surface area contributed by atoms with Crippen molar-refractivity contribution in [1.29, 1.82) is 0 Å². The van der Waals surface area contributed by atoms with E-state index in [4.69, 9.17) is 0 Å². The summed E-state index contributed by atoms with van der Waals surface area (Å²) >= 11 is 0. The number of aliphatic hydroxyl groups is 1. The van der Waals surface area contributed by atoms with Crippen LogP contribution in [0.3, 0.4) is 0 Å². The average molecular weight is 327 g/mol. The van der Waals surface area contributed by atoms with Gasteiger partial charge in [-0.15, -0.1) is 0 Å². The Balaban J connectivity index is 2.18. The van der Waals surface area contributed by atoms with Crippen LogP contribution < -0.4 is 4.72 Å². The Hall–Kier alpha value is -1.77. The molecule has 1 heterocycles. The standard InChI is InChI=1S/C14H18FN3O3S/c1-9-14(10(2)18(3)17-9)22(20,21)16-8-13(19)11-6-4-5-7-12(11)15/h4-7,13,16,19H,8H2,1-3H3. The van der Waals surface area contributed by atoms with Gasteiger partial charge in [-0.25, -0.2) is 17.5 Å². The van der Waals surface area contributed by atoms with Gasteiger partial charge in [0, 0.05) is 19.2 Å². The fraction of sp³-hybridized carbons (Fsp3) is 0.357. The number of aryl methyl sites for hydroxylation is 2. The van der Waals surface area contributed by atoms with Gasteiger partial charge in [0.25, 0.3) is 0 Å². The first-order valence-corrected chi connectivity index (χ1v) is 8.14. The van der Waals surface area contributed by atoms with Crippen molar-refractivity contribution in [3.8, 4) is 0 Å². The van der Waals surface area contributed by atoms with Crippen molar-refractivity contribution in [2.45, 2.75) is 24.8 Å². The fourth-order valence-corrected chi connectivity index (χ4v) is 3.73. The highest BCUT2D eigenvalue weighted by Gasteiger charge is 2.25. The number of nitrogens with one attached hydrogen (secondary N) is 1. The van der Waals surface area contributed by atoms with E-state index in [0.717, 1.165) is 0 Å². The Morgan fingerprint density at radius 1 is 1.36 bits per heavy atom. The summed E-state index contributed by atoms with van der Waals surface area (Å²) in [5, 5.41) is 14.0. The van der Waals surface area contributed by atoms with Gasteiger partial charge in [-0.3, -0.25) is 4.68 Å². The molecule has 2 aromatic rings. The molecule has 2 N–H and O–H groups in total. The molecule has 0 aliphatic heterocycles. The number of benzene rings is 1. The molecule has 1 aromatic carbocycles. The van der Waals surface area contributed by atoms with Gasteiger partial charge in [0.15, 0.2) is 0 Å². The lowest BCUT2D eigenvalue weighted by Crippen LogP contribution is -2.29. The molecular weight excluding hydrogens is 309 g/mol. The third kappa shape index (κ3) is 3.18. The molecule has 0 aliphatic rings. The molecule has 0 radical (unpaired) electrons. The van der Waals surface area contributed by atoms with Crippen LogP contribution in [-0.4, -0.2) is 29.8 Å². The fourth-order valence-electron chi connectivity index (χ4n) is 2.26. The van der Waals surface area contributed by atoms with Gasteiger partial charge in [0.1, 0.15) is 10.7 Å². The van der Waals surface area contributed by atoms with Gasteiger partial charge in [-0.2, -0.15) is 5.10 Å². The normalized spacial score (nSPS) is 13.3. The third-order valence-corrected chi connectivity index (χ3v) is 5.12. The Labute approximate surface area is 128 Å². The molecule has 0 saturated carbocycles. The molecule has 0 spiro atoms. The Bertz CT molecular complexity index is 787. The summed E-state index contributed by atoms with van der Waals surface area (Å²) in [4.78, 5) is 0.0794. The van der Waals surface area contributed by atoms with Crippen molar-refractivity contribution in [1.82, 2.24) is 14.5 Å². The molecule has 0 amide bonds. The van der Waals surface area contributed by atoms with E-state index in [1.807, 2.05) is 0 Å². The van der Waals surface area contributed by atoms with Crippen molar-refractivity contribution in [3.63, 3.8) is 0 Å². The van der Waals surface area contributed by atoms with Crippen LogP contribution in [0.15, 0.2) is 29.2 Å². The zero-order chi connectivity index (χ0) is 16.5. The average Bonchev–Trinajstić information content (AvgIpc) is 2.70. The molecule has 6 nitrogen and oxygen atoms in total. The van der Waals surface area contributed by atoms with Crippen LogP contribution in [-0.2, 0) is 17.1 Å². The zero-order valence-corrected chi connectivity index (χ0v) is 13.4. The van der Waals surface area contributed by atoms with Crippen LogP contribution in [0.25, 0.3) is 0 Å². The summed E-state index contributed by atoms with van der Waals surface area (Å²) in [5.41, 5.74) is 0.906. The van der Waals surface area contributed by atoms with E-state index >= 15 is 0 Å². The summed E-state index contributed by atoms with van der Waals surface area (Å²) in [6, 6.07) is 5.70. The molecule has 0 bridgehead atoms. The lowest BCUT2D eigenvalue weighted by Gasteiger charge is -2.13. The third-order valence-electron chi connectivity index (χ3n) is 3.44. The smallest absolute Gasteiger partial charge is 0.244 e. The van der Waals surface area contributed by atoms with Crippen molar-refractivity contribution in [2.24, 2.45) is 7.05 Å². The monoisotopic (exact) mass is 327 g/mol. The number of hydrogen-bond donors (Lipinski definition) is 2. The molecule has 1 unspecified atom stereocenters. The minimum absolute atomic E-state index is 0.0461. The lowest BCUT2D eigenvalue weighted by molar-refractivity contribution is 0.177. The van der Waals surface area contributed by atoms with Crippen LogP contribution in [0.1, 0.15) is 23.1 Å². The van der Waals surface area contributed by atoms with Gasteiger partial charge in [0.05, 0.1) is 17.5 Å². The SMILES string of the molecule is Cc1nn(C)c(C)c1S(=O)(=O)NCC(O)c1ccccc1F. The van der Waals surface area contributed by atoms with Gasteiger partial charge in [0.2, 0.25) is 10.0 Å². The van der Waals surface area contributed by atoms with Gasteiger partial charge < -0.3 is 5.11 Å². The predicted molar refractivity (Wildman–Crippen MR) is 79.2 cm³/mol. The van der Waals surface area contributed by atoms with Crippen LogP contribution in [0, 0.1) is 19.7 Å². The molecule has 120 valence electrons. The first-order chi connectivity index (χ1) is 10.2. The van der Waals surface area contributed by atoms with Crippen LogP contribution >= 0.6 is 0 Å². The Morgan fingerprint density at radius 3 is 2.55 bits per heavy atom. The zero-order valence-electron chi connectivity index (χ0n) is 12.5. The number of aliphatic hydroxyl groups excluding tert-OH is 1. The van der Waals surface area contributed by atoms with Gasteiger partial charge >= 0.3 is 0 Å². The highest BCUT2D eigenvalue weighted by Crippen LogP contribution is 2.20. The highest BCUT2D eigenvalue weighted by atomic mass is 32.2. The molecule has 22 heavy (non-hydrogen) atoms. The summed E-state index contributed by atoms with van der Waals surface area (Å²) in [5.74, 6) is -0.581. The Kier molecular flexibility index (Phi) is 4.64. The second-order valence-corrected chi connectivity index (χ2v) is 6.72. The highest BCUT2D eigenvalue weighted by molar-refractivity contribution is 7.89. The summed E-state index contributed by atoms with van der Waals surface area (Å²) in [7, 11) is -2.18. The lowest BCUT2D eigenvalue weighted by atomic mass is 10.1. The van der Waals surface area contributed by atoms with E-state index in [2.05, 4.69) is 9.82 Å². The van der Waals surface area contributed by atoms with Crippen molar-refractivity contribution in [2.75, 3.05) is 6.54 Å². The second kappa shape index (κ2) is 6.15. The number of rotatable bonds is 5. The van der Waals surface area contributed by atoms with Crippen LogP contribution in [0.5, 0.6) is 0 Å². The minimum atomic E-state index is -3.83. The maximum atomic E-state index is 13.6. The number of nitrogens with zero attached hydrogens (tertiary/aromatic N) is 2. The molecule has 0 aliphatic carbocycles. The van der Waals surface area contributed by atoms with E-state index in [1.165, 1.54) is 22.9 Å². The van der Waals surface area contributed by atoms with E-state index in [-0.39, 0.29) is 17.0 Å². The van der Waals surface area contributed by atoms with E-state index in [0.29, 0.717) is 11.4 Å². The summed E-state index contributed by atoms with van der Waals surface area (Å²) in [6.07, 6.45) is -1.27. The number of aromatic nitrogens is 2. The summed E-state index contributed by atoms with van der Waals surface area (Å²) < 4.78 is 42.0. The summed E-state index contributed by atoms with van der Waals surface area (Å²) in [6.45, 7) is 2.91. The molecule has 2 rings (SSSR count). The van der Waals surface area contributed by atoms with E-state index in [1.54, 1.807) is 27.0 Å². The van der Waals surface area contributed by atoms with Gasteiger partial charge in [-0.1, -0.05) is 18.2 Å². The predicted octanol–water partition coefficient (Wildman–Crippen LogP) is 1.19. The van der Waals surface area contributed by atoms with E-state index in [9.17, 15) is 17.9 Å².